The van der Waals surface area contributed by atoms with E-state index in [4.69, 9.17) is 17.3 Å². The number of fused-ring (bicyclic) bond motifs is 1. The highest BCUT2D eigenvalue weighted by atomic mass is 35.5. The van der Waals surface area contributed by atoms with Crippen molar-refractivity contribution < 1.29 is 0 Å². The van der Waals surface area contributed by atoms with Crippen LogP contribution in [0, 0.1) is 0 Å². The molecule has 0 unspecified atom stereocenters. The van der Waals surface area contributed by atoms with Gasteiger partial charge in [-0.2, -0.15) is 0 Å². The monoisotopic (exact) mass is 224 g/mol. The van der Waals surface area contributed by atoms with Gasteiger partial charge in [-0.15, -0.1) is 11.6 Å². The van der Waals surface area contributed by atoms with Crippen molar-refractivity contribution in [1.82, 2.24) is 4.98 Å². The molecule has 0 saturated carbocycles. The van der Waals surface area contributed by atoms with E-state index >= 15 is 0 Å². The number of rotatable bonds is 2. The number of anilines is 1. The first-order valence-corrected chi connectivity index (χ1v) is 5.54. The van der Waals surface area contributed by atoms with E-state index in [2.05, 4.69) is 4.98 Å². The average molecular weight is 225 g/mol. The first-order valence-electron chi connectivity index (χ1n) is 4.19. The van der Waals surface area contributed by atoms with Gasteiger partial charge in [0.1, 0.15) is 0 Å². The van der Waals surface area contributed by atoms with Gasteiger partial charge in [0.2, 0.25) is 0 Å². The number of allylic oxidation sites excluding steroid dienone is 1. The molecule has 1 heterocycles. The van der Waals surface area contributed by atoms with E-state index in [-0.39, 0.29) is 0 Å². The van der Waals surface area contributed by atoms with Crippen LogP contribution in [0.15, 0.2) is 24.3 Å². The highest BCUT2D eigenvalue weighted by Crippen LogP contribution is 2.26. The number of benzene rings is 1. The van der Waals surface area contributed by atoms with Crippen molar-refractivity contribution in [3.63, 3.8) is 0 Å². The maximum atomic E-state index is 5.65. The Morgan fingerprint density at radius 1 is 1.50 bits per heavy atom. The van der Waals surface area contributed by atoms with E-state index in [1.807, 2.05) is 30.4 Å². The summed E-state index contributed by atoms with van der Waals surface area (Å²) < 4.78 is 1.11. The molecule has 72 valence electrons. The van der Waals surface area contributed by atoms with Gasteiger partial charge in [-0.05, 0) is 6.07 Å². The molecule has 2 nitrogen and oxygen atoms in total. The molecule has 1 aromatic carbocycles. The second-order valence-electron chi connectivity index (χ2n) is 2.80. The summed E-state index contributed by atoms with van der Waals surface area (Å²) in [6.45, 7) is 0. The summed E-state index contributed by atoms with van der Waals surface area (Å²) in [5.41, 5.74) is 7.67. The van der Waals surface area contributed by atoms with Gasteiger partial charge in [0.25, 0.3) is 0 Å². The molecule has 2 N–H and O–H groups in total. The number of nitrogen functional groups attached to an aromatic ring is 1. The van der Waals surface area contributed by atoms with Crippen LogP contribution in [0.4, 0.5) is 5.13 Å². The predicted molar refractivity (Wildman–Crippen MR) is 63.8 cm³/mol. The number of hydrogen-bond donors (Lipinski definition) is 1. The van der Waals surface area contributed by atoms with E-state index in [1.165, 1.54) is 11.3 Å². The molecule has 0 fully saturated rings. The van der Waals surface area contributed by atoms with Crippen molar-refractivity contribution in [2.24, 2.45) is 0 Å². The molecule has 0 atom stereocenters. The minimum absolute atomic E-state index is 0.510. The average Bonchev–Trinajstić information content (AvgIpc) is 2.55. The second kappa shape index (κ2) is 3.98. The SMILES string of the molecule is Nc1nc2c(C=CCCl)cccc2s1. The topological polar surface area (TPSA) is 38.9 Å². The Kier molecular flexibility index (Phi) is 2.70. The van der Waals surface area contributed by atoms with E-state index in [1.54, 1.807) is 0 Å². The Morgan fingerprint density at radius 2 is 2.36 bits per heavy atom. The first-order chi connectivity index (χ1) is 6.81. The Balaban J connectivity index is 2.58. The molecule has 0 saturated heterocycles. The number of nitrogens with two attached hydrogens (primary N) is 1. The summed E-state index contributed by atoms with van der Waals surface area (Å²) in [7, 11) is 0. The Bertz CT molecular complexity index is 476. The number of aromatic nitrogens is 1. The summed E-state index contributed by atoms with van der Waals surface area (Å²) in [5, 5.41) is 0.603. The van der Waals surface area contributed by atoms with Crippen LogP contribution in [0.5, 0.6) is 0 Å². The fourth-order valence-corrected chi connectivity index (χ4v) is 2.15. The van der Waals surface area contributed by atoms with Crippen LogP contribution < -0.4 is 5.73 Å². The summed E-state index contributed by atoms with van der Waals surface area (Å²) >= 11 is 7.08. The van der Waals surface area contributed by atoms with E-state index in [0.29, 0.717) is 11.0 Å². The molecule has 2 aromatic rings. The third kappa shape index (κ3) is 1.74. The molecule has 4 heteroatoms. The summed E-state index contributed by atoms with van der Waals surface area (Å²) in [4.78, 5) is 4.27. The molecule has 1 aromatic heterocycles. The highest BCUT2D eigenvalue weighted by Gasteiger charge is 2.02. The fourth-order valence-electron chi connectivity index (χ4n) is 1.29. The van der Waals surface area contributed by atoms with Crippen LogP contribution in [0.2, 0.25) is 0 Å². The summed E-state index contributed by atoms with van der Waals surface area (Å²) in [5.74, 6) is 0.510. The van der Waals surface area contributed by atoms with Crippen LogP contribution >= 0.6 is 22.9 Å². The molecule has 0 spiro atoms. The predicted octanol–water partition coefficient (Wildman–Crippen LogP) is 3.13. The van der Waals surface area contributed by atoms with Crippen LogP contribution in [-0.2, 0) is 0 Å². The molecular formula is C10H9ClN2S. The van der Waals surface area contributed by atoms with Gasteiger partial charge < -0.3 is 5.73 Å². The van der Waals surface area contributed by atoms with Crippen molar-refractivity contribution in [2.45, 2.75) is 0 Å². The normalized spacial score (nSPS) is 11.5. The van der Waals surface area contributed by atoms with Gasteiger partial charge in [-0.25, -0.2) is 4.98 Å². The Hall–Kier alpha value is -1.06. The van der Waals surface area contributed by atoms with Crippen molar-refractivity contribution in [1.29, 1.82) is 0 Å². The quantitative estimate of drug-likeness (QED) is 0.796. The number of alkyl halides is 1. The molecule has 0 aliphatic carbocycles. The molecule has 0 aliphatic heterocycles. The number of halogens is 1. The Labute approximate surface area is 91.0 Å². The number of thiazole rings is 1. The van der Waals surface area contributed by atoms with Gasteiger partial charge in [-0.1, -0.05) is 35.6 Å². The van der Waals surface area contributed by atoms with Crippen LogP contribution in [0.25, 0.3) is 16.3 Å². The maximum Gasteiger partial charge on any atom is 0.181 e. The molecule has 14 heavy (non-hydrogen) atoms. The molecule has 0 aliphatic rings. The lowest BCUT2D eigenvalue weighted by Gasteiger charge is -1.93. The van der Waals surface area contributed by atoms with Gasteiger partial charge in [-0.3, -0.25) is 0 Å². The third-order valence-corrected chi connectivity index (χ3v) is 2.88. The fraction of sp³-hybridized carbons (Fsp3) is 0.100. The lowest BCUT2D eigenvalue weighted by Crippen LogP contribution is -1.81. The van der Waals surface area contributed by atoms with Gasteiger partial charge in [0, 0.05) is 11.4 Å². The standard InChI is InChI=1S/C10H9ClN2S/c11-6-2-4-7-3-1-5-8-9(7)13-10(12)14-8/h1-5H,6H2,(H2,12,13). The lowest BCUT2D eigenvalue weighted by molar-refractivity contribution is 1.48. The zero-order valence-electron chi connectivity index (χ0n) is 7.40. The van der Waals surface area contributed by atoms with Crippen LogP contribution in [0.3, 0.4) is 0 Å². The number of nitrogens with zero attached hydrogens (tertiary/aromatic N) is 1. The zero-order chi connectivity index (χ0) is 9.97. The first kappa shape index (κ1) is 9.49. The van der Waals surface area contributed by atoms with E-state index < -0.39 is 0 Å². The van der Waals surface area contributed by atoms with Crippen molar-refractivity contribution in [2.75, 3.05) is 11.6 Å². The molecule has 0 bridgehead atoms. The van der Waals surface area contributed by atoms with Gasteiger partial charge >= 0.3 is 0 Å². The summed E-state index contributed by atoms with van der Waals surface area (Å²) in [6, 6.07) is 6.01. The largest absolute Gasteiger partial charge is 0.375 e. The third-order valence-electron chi connectivity index (χ3n) is 1.85. The van der Waals surface area contributed by atoms with E-state index in [9.17, 15) is 0 Å². The molecule has 0 amide bonds. The minimum Gasteiger partial charge on any atom is -0.375 e. The van der Waals surface area contributed by atoms with Crippen molar-refractivity contribution in [3.05, 3.63) is 29.8 Å². The molecule has 2 rings (SSSR count). The second-order valence-corrected chi connectivity index (χ2v) is 4.17. The molecular weight excluding hydrogens is 216 g/mol. The smallest absolute Gasteiger partial charge is 0.181 e. The lowest BCUT2D eigenvalue weighted by atomic mass is 10.2. The van der Waals surface area contributed by atoms with Gasteiger partial charge in [0.15, 0.2) is 5.13 Å². The summed E-state index contributed by atoms with van der Waals surface area (Å²) in [6.07, 6.45) is 3.86. The Morgan fingerprint density at radius 3 is 3.14 bits per heavy atom. The number of hydrogen-bond acceptors (Lipinski definition) is 3. The van der Waals surface area contributed by atoms with Crippen LogP contribution in [-0.4, -0.2) is 10.9 Å². The number of para-hydroxylation sites is 1. The zero-order valence-corrected chi connectivity index (χ0v) is 8.98. The highest BCUT2D eigenvalue weighted by molar-refractivity contribution is 7.22. The molecule has 0 radical (unpaired) electrons. The van der Waals surface area contributed by atoms with Crippen molar-refractivity contribution >= 4 is 44.4 Å². The van der Waals surface area contributed by atoms with E-state index in [0.717, 1.165) is 15.8 Å². The van der Waals surface area contributed by atoms with Gasteiger partial charge in [0.05, 0.1) is 10.2 Å². The maximum absolute atomic E-state index is 5.65. The minimum atomic E-state index is 0.510. The van der Waals surface area contributed by atoms with Crippen molar-refractivity contribution in [3.8, 4) is 0 Å². The van der Waals surface area contributed by atoms with Crippen LogP contribution in [0.1, 0.15) is 5.56 Å².